The van der Waals surface area contributed by atoms with E-state index in [0.717, 1.165) is 6.42 Å². The highest BCUT2D eigenvalue weighted by atomic mass is 16.7. The molecule has 0 aliphatic carbocycles. The molecule has 4 fully saturated rings. The third-order valence-corrected chi connectivity index (χ3v) is 21.8. The predicted molar refractivity (Wildman–Crippen MR) is 409 cm³/mol. The molecule has 4 saturated heterocycles. The summed E-state index contributed by atoms with van der Waals surface area (Å²) in [7, 11) is 0. The molecule has 4 rings (SSSR count). The zero-order valence-corrected chi connectivity index (χ0v) is 70.1. The third-order valence-electron chi connectivity index (χ3n) is 21.8. The lowest BCUT2D eigenvalue weighted by molar-refractivity contribution is -0.275. The molecule has 0 spiro atoms. The Morgan fingerprint density at radius 3 is 1.30 bits per heavy atom. The van der Waals surface area contributed by atoms with Gasteiger partial charge in [-0.05, 0) is 74.0 Å². The fourth-order valence-electron chi connectivity index (χ4n) is 14.0. The van der Waals surface area contributed by atoms with Gasteiger partial charge in [0.1, 0.15) is 43.9 Å². The molecule has 0 radical (unpaired) electrons. The molecule has 6 amide bonds. The van der Waals surface area contributed by atoms with Crippen molar-refractivity contribution in [1.29, 1.82) is 0 Å². The number of ether oxygens (including phenoxy) is 16. The van der Waals surface area contributed by atoms with Crippen molar-refractivity contribution >= 4 is 70.9 Å². The van der Waals surface area contributed by atoms with E-state index in [1.165, 1.54) is 41.5 Å². The Morgan fingerprint density at radius 1 is 0.377 bits per heavy atom. The van der Waals surface area contributed by atoms with E-state index in [2.05, 4.69) is 52.7 Å². The first-order valence-electron chi connectivity index (χ1n) is 40.6. The number of nitrogens with one attached hydrogen (secondary N) is 6. The molecule has 4 unspecified atom stereocenters. The second kappa shape index (κ2) is 53.8. The second-order valence-electron chi connectivity index (χ2n) is 30.4. The summed E-state index contributed by atoms with van der Waals surface area (Å²) in [5.74, 6) is -5.53. The Balaban J connectivity index is 1.35. The summed E-state index contributed by atoms with van der Waals surface area (Å²) in [5, 5.41) is 16.8. The molecular weight excluding hydrogens is 1490 g/mol. The van der Waals surface area contributed by atoms with E-state index in [1.54, 1.807) is 0 Å². The first kappa shape index (κ1) is 99.9. The van der Waals surface area contributed by atoms with E-state index in [0.29, 0.717) is 6.42 Å². The number of nitrogens with two attached hydrogens (primary N) is 1. The third kappa shape index (κ3) is 36.6. The zero-order valence-electron chi connectivity index (χ0n) is 70.1. The van der Waals surface area contributed by atoms with Crippen LogP contribution < -0.4 is 37.6 Å². The molecule has 114 heavy (non-hydrogen) atoms. The van der Waals surface area contributed by atoms with Gasteiger partial charge in [0.05, 0.1) is 109 Å². The summed E-state index contributed by atoms with van der Waals surface area (Å²) in [6.45, 7) is 29.5. The first-order chi connectivity index (χ1) is 54.1. The van der Waals surface area contributed by atoms with Crippen LogP contribution in [0.25, 0.3) is 0 Å². The maximum absolute atomic E-state index is 14.0. The predicted octanol–water partition coefficient (Wildman–Crippen LogP) is 3.35. The molecule has 4 aliphatic heterocycles. The van der Waals surface area contributed by atoms with Gasteiger partial charge in [-0.2, -0.15) is 0 Å². The maximum atomic E-state index is 14.0. The topological polar surface area (TPSA) is 451 Å². The van der Waals surface area contributed by atoms with Gasteiger partial charge in [-0.3, -0.25) is 57.5 Å². The molecule has 4 aliphatic rings. The van der Waals surface area contributed by atoms with Crippen LogP contribution in [-0.4, -0.2) is 269 Å². The van der Waals surface area contributed by atoms with Crippen molar-refractivity contribution in [2.75, 3.05) is 112 Å². The van der Waals surface area contributed by atoms with E-state index in [4.69, 9.17) is 81.5 Å². The Morgan fingerprint density at radius 2 is 0.798 bits per heavy atom. The lowest BCUT2D eigenvalue weighted by Gasteiger charge is -2.44. The monoisotopic (exact) mass is 1630 g/mol. The molecule has 35 heteroatoms. The molecule has 0 aromatic carbocycles. The lowest BCUT2D eigenvalue weighted by Crippen LogP contribution is -2.58. The van der Waals surface area contributed by atoms with Crippen LogP contribution in [0.4, 0.5) is 0 Å². The van der Waals surface area contributed by atoms with Crippen LogP contribution in [0.2, 0.25) is 0 Å². The molecule has 0 saturated carbocycles. The standard InChI is InChI=1S/C79H135N7O28/c1-17-65-47(4)49(6)71(83-54(11)87)78(111-65)105-41-37-101-32-28-81-69(95)27-25-62(64(94)21-19-31-100-35-40-106-79-72(84-55(12)88)50(7)48(5)67(113-79)43-108-57(14)90)85-70(96)26-23-61(80)74(97)86-63(75(98)82-29-33-102-36-39-103-76-52(9)45(2)46(3)66(112-76)42-107-56(13)89)24-22-60(93)20-18-30-99-34-38-104-77-53(10)51(8)73(110-59(16)92)68(114-77)44-109-58(15)91/h45-53,61-63,65-68,71-73,76-79H,17-44,80H2,1-16H3,(H,81,95)(H,82,98)(H,83,87)(H,84,88)(H,85,96)(H,86,97)/t45-,46+,47+,48+,49-,50-,51+,52+,53+,61-,62-,63-,65+,66+,67+,68+,71+,72+,73+,76?,77?,78?,79?/m0/s1. The normalized spacial score (nSPS) is 28.3. The van der Waals surface area contributed by atoms with Gasteiger partial charge in [-0.15, -0.1) is 0 Å². The SMILES string of the molecule is CC[C@H]1OC(OCCOCCNC(=O)CC[C@H](NC(=O)CC[C@H](N)C(=O)N[C@@H](CCC(=O)CCCOCCOC2O[C@H](COC(C)=O)[C@H](OC(C)=O)[C@H](C)[C@H]2C)C(=O)NCCOCCOC2O[C@H](COC(C)=O)[C@H](C)[C@H](C)[C@H]2C)C(=O)CCCOCCOC2O[C@H](COC(C)=O)[C@H](C)[C@H](C)[C@H]2NC(C)=O)[C@H](NC(C)=O)[C@@H](C)[C@H]1C. The van der Waals surface area contributed by atoms with Gasteiger partial charge in [0, 0.05) is 118 Å². The number of ketones is 2. The molecule has 23 atom stereocenters. The maximum Gasteiger partial charge on any atom is 0.303 e. The smallest absolute Gasteiger partial charge is 0.303 e. The molecule has 4 heterocycles. The molecule has 0 bridgehead atoms. The van der Waals surface area contributed by atoms with Gasteiger partial charge in [-0.25, -0.2) is 0 Å². The van der Waals surface area contributed by atoms with Crippen LogP contribution in [0.15, 0.2) is 0 Å². The second-order valence-corrected chi connectivity index (χ2v) is 30.4. The summed E-state index contributed by atoms with van der Waals surface area (Å²) in [6, 6.07) is -4.63. The van der Waals surface area contributed by atoms with Crippen molar-refractivity contribution in [2.45, 2.75) is 267 Å². The quantitative estimate of drug-likeness (QED) is 0.0261. The highest BCUT2D eigenvalue weighted by Gasteiger charge is 2.47. The van der Waals surface area contributed by atoms with Crippen molar-refractivity contribution < 1.29 is 133 Å². The number of rotatable bonds is 54. The minimum absolute atomic E-state index is 0.00217. The highest BCUT2D eigenvalue weighted by molar-refractivity contribution is 5.92. The van der Waals surface area contributed by atoms with Crippen LogP contribution in [0.3, 0.4) is 0 Å². The van der Waals surface area contributed by atoms with Crippen LogP contribution in [0.5, 0.6) is 0 Å². The average Bonchev–Trinajstić information content (AvgIpc) is 0.821. The first-order valence-corrected chi connectivity index (χ1v) is 40.6. The van der Waals surface area contributed by atoms with Crippen LogP contribution in [-0.2, 0) is 133 Å². The van der Waals surface area contributed by atoms with Crippen LogP contribution >= 0.6 is 0 Å². The number of hydrogen-bond donors (Lipinski definition) is 7. The van der Waals surface area contributed by atoms with E-state index in [1.807, 2.05) is 48.5 Å². The van der Waals surface area contributed by atoms with Gasteiger partial charge < -0.3 is 113 Å². The summed E-state index contributed by atoms with van der Waals surface area (Å²) < 4.78 is 93.0. The minimum atomic E-state index is -1.35. The fourth-order valence-corrected chi connectivity index (χ4v) is 14.0. The number of carbonyl (C=O) groups is 12. The molecule has 0 aromatic heterocycles. The molecule has 0 aromatic rings. The number of esters is 4. The Labute approximate surface area is 672 Å². The molecule has 35 nitrogen and oxygen atoms in total. The van der Waals surface area contributed by atoms with Crippen molar-refractivity contribution in [3.63, 3.8) is 0 Å². The number of amides is 6. The summed E-state index contributed by atoms with van der Waals surface area (Å²) in [4.78, 5) is 153. The van der Waals surface area contributed by atoms with Crippen molar-refractivity contribution in [3.05, 3.63) is 0 Å². The summed E-state index contributed by atoms with van der Waals surface area (Å²) >= 11 is 0. The summed E-state index contributed by atoms with van der Waals surface area (Å²) in [5.41, 5.74) is 6.41. The Hall–Kier alpha value is -6.48. The fraction of sp³-hybridized carbons (Fsp3) is 0.848. The number of carbonyl (C=O) groups excluding carboxylic acids is 12. The van der Waals surface area contributed by atoms with Crippen LogP contribution in [0, 0.1) is 53.3 Å². The van der Waals surface area contributed by atoms with E-state index < -0.39 is 121 Å². The van der Waals surface area contributed by atoms with E-state index >= 15 is 0 Å². The van der Waals surface area contributed by atoms with Crippen molar-refractivity contribution in [3.8, 4) is 0 Å². The average molecular weight is 1630 g/mol. The van der Waals surface area contributed by atoms with Gasteiger partial charge in [0.15, 0.2) is 30.9 Å². The molecular formula is C79H135N7O28. The van der Waals surface area contributed by atoms with Crippen LogP contribution in [0.1, 0.15) is 181 Å². The van der Waals surface area contributed by atoms with E-state index in [-0.39, 0.29) is 259 Å². The van der Waals surface area contributed by atoms with Crippen molar-refractivity contribution in [1.82, 2.24) is 31.9 Å². The summed E-state index contributed by atoms with van der Waals surface area (Å²) in [6.07, 6.45) is -5.01. The molecule has 8 N–H and O–H groups in total. The Kier molecular flexibility index (Phi) is 47.1. The van der Waals surface area contributed by atoms with E-state index in [9.17, 15) is 57.5 Å². The number of hydrogen-bond acceptors (Lipinski definition) is 29. The van der Waals surface area contributed by atoms with Gasteiger partial charge >= 0.3 is 23.9 Å². The minimum Gasteiger partial charge on any atom is -0.463 e. The zero-order chi connectivity index (χ0) is 84.6. The number of Topliss-reactive ketones (excluding diaryl/α,β-unsaturated/α-hetero) is 2. The van der Waals surface area contributed by atoms with Gasteiger partial charge in [-0.1, -0.05) is 69.2 Å². The molecule has 654 valence electrons. The largest absolute Gasteiger partial charge is 0.463 e. The van der Waals surface area contributed by atoms with Gasteiger partial charge in [0.2, 0.25) is 35.4 Å². The highest BCUT2D eigenvalue weighted by Crippen LogP contribution is 2.38. The Bertz CT molecular complexity index is 2970. The van der Waals surface area contributed by atoms with Crippen molar-refractivity contribution in [2.24, 2.45) is 59.0 Å². The lowest BCUT2D eigenvalue weighted by atomic mass is 9.79. The van der Waals surface area contributed by atoms with Gasteiger partial charge in [0.25, 0.3) is 0 Å².